The van der Waals surface area contributed by atoms with Gasteiger partial charge in [0.15, 0.2) is 0 Å². The molecule has 0 bridgehead atoms. The van der Waals surface area contributed by atoms with Gasteiger partial charge in [0, 0.05) is 31.6 Å². The number of hydrogen-bond donors (Lipinski definition) is 2. The number of aliphatic hydroxyl groups excluding tert-OH is 1. The van der Waals surface area contributed by atoms with E-state index in [-0.39, 0.29) is 6.10 Å². The van der Waals surface area contributed by atoms with Crippen molar-refractivity contribution in [3.8, 4) is 0 Å². The molecule has 1 aromatic heterocycles. The third-order valence-corrected chi connectivity index (χ3v) is 12.0. The van der Waals surface area contributed by atoms with Crippen LogP contribution < -0.4 is 5.32 Å². The average Bonchev–Trinajstić information content (AvgIpc) is 3.24. The quantitative estimate of drug-likeness (QED) is 0.429. The number of Topliss-reactive ketones (excluding diaryl/α,β-unsaturated/α-hetero) is 1. The molecule has 4 aliphatic rings. The van der Waals surface area contributed by atoms with Crippen LogP contribution in [0.15, 0.2) is 24.4 Å². The van der Waals surface area contributed by atoms with Crippen molar-refractivity contribution in [2.45, 2.75) is 117 Å². The molecule has 4 heteroatoms. The maximum absolute atomic E-state index is 12.0. The number of rotatable bonds is 8. The Balaban J connectivity index is 1.25. The molecular formula is C32H50N2O2. The summed E-state index contributed by atoms with van der Waals surface area (Å²) in [5.41, 5.74) is 1.82. The van der Waals surface area contributed by atoms with E-state index in [0.29, 0.717) is 64.6 Å². The minimum absolute atomic E-state index is 0.150. The molecule has 0 aromatic carbocycles. The minimum atomic E-state index is -0.150. The Hall–Kier alpha value is -1.26. The maximum atomic E-state index is 12.0. The molecule has 0 saturated heterocycles. The topological polar surface area (TPSA) is 62.2 Å². The Morgan fingerprint density at radius 3 is 2.64 bits per heavy atom. The number of nitrogens with zero attached hydrogens (tertiary/aromatic N) is 1. The molecule has 10 atom stereocenters. The summed E-state index contributed by atoms with van der Waals surface area (Å²) in [6.45, 7) is 10.4. The summed E-state index contributed by atoms with van der Waals surface area (Å²) >= 11 is 0. The largest absolute Gasteiger partial charge is 0.393 e. The summed E-state index contributed by atoms with van der Waals surface area (Å²) in [5.74, 6) is 4.13. The first-order valence-electron chi connectivity index (χ1n) is 15.1. The van der Waals surface area contributed by atoms with Gasteiger partial charge >= 0.3 is 0 Å². The summed E-state index contributed by atoms with van der Waals surface area (Å²) in [6.07, 6.45) is 14.1. The van der Waals surface area contributed by atoms with Gasteiger partial charge in [-0.15, -0.1) is 0 Å². The first kappa shape index (κ1) is 26.4. The lowest BCUT2D eigenvalue weighted by Crippen LogP contribution is -2.59. The number of aliphatic hydroxyl groups is 1. The number of aromatic nitrogens is 1. The van der Waals surface area contributed by atoms with Crippen LogP contribution >= 0.6 is 0 Å². The van der Waals surface area contributed by atoms with Crippen molar-refractivity contribution in [1.29, 1.82) is 0 Å². The van der Waals surface area contributed by atoms with Gasteiger partial charge in [0.2, 0.25) is 0 Å². The second kappa shape index (κ2) is 10.5. The van der Waals surface area contributed by atoms with E-state index in [9.17, 15) is 9.90 Å². The monoisotopic (exact) mass is 494 g/mol. The second-order valence-corrected chi connectivity index (χ2v) is 13.6. The van der Waals surface area contributed by atoms with E-state index < -0.39 is 0 Å². The van der Waals surface area contributed by atoms with Crippen LogP contribution in [-0.4, -0.2) is 28.0 Å². The Morgan fingerprint density at radius 2 is 1.89 bits per heavy atom. The van der Waals surface area contributed by atoms with E-state index >= 15 is 0 Å². The highest BCUT2D eigenvalue weighted by molar-refractivity contribution is 5.77. The van der Waals surface area contributed by atoms with Crippen LogP contribution in [0.2, 0.25) is 0 Å². The van der Waals surface area contributed by atoms with Gasteiger partial charge in [0.1, 0.15) is 5.78 Å². The highest BCUT2D eigenvalue weighted by Crippen LogP contribution is 2.68. The van der Waals surface area contributed by atoms with Gasteiger partial charge in [0.05, 0.1) is 11.8 Å². The van der Waals surface area contributed by atoms with Gasteiger partial charge < -0.3 is 10.4 Å². The summed E-state index contributed by atoms with van der Waals surface area (Å²) in [7, 11) is 0. The van der Waals surface area contributed by atoms with Crippen molar-refractivity contribution in [3.63, 3.8) is 0 Å². The first-order chi connectivity index (χ1) is 17.3. The molecule has 0 radical (unpaired) electrons. The molecule has 4 fully saturated rings. The van der Waals surface area contributed by atoms with Crippen molar-refractivity contribution in [3.05, 3.63) is 30.1 Å². The van der Waals surface area contributed by atoms with Crippen LogP contribution in [0.4, 0.5) is 0 Å². The standard InChI is InChI=1S/C32H50N2O2/c1-5-25(35)10-9-21(2)26-11-12-27-30-28(14-16-32(26,27)4)31(3)15-13-23(18-22(31)19-29(30)36)34-20-24-8-6-7-17-33-24/h6-8,17,21-23,26-30,34,36H,5,9-16,18-20H2,1-4H3/t21-,22-,23+,26-,27?,28?,29-,30?,31+,32-/m1/s1. The number of carbonyl (C=O) groups excluding carboxylic acids is 1. The van der Waals surface area contributed by atoms with E-state index in [2.05, 4.69) is 43.2 Å². The van der Waals surface area contributed by atoms with Gasteiger partial charge in [-0.25, -0.2) is 0 Å². The van der Waals surface area contributed by atoms with E-state index in [1.165, 1.54) is 44.9 Å². The molecule has 0 amide bonds. The van der Waals surface area contributed by atoms with Crippen LogP contribution in [0, 0.1) is 46.3 Å². The molecule has 200 valence electrons. The lowest BCUT2D eigenvalue weighted by atomic mass is 9.43. The number of carbonyl (C=O) groups is 1. The predicted molar refractivity (Wildman–Crippen MR) is 145 cm³/mol. The van der Waals surface area contributed by atoms with Crippen LogP contribution in [-0.2, 0) is 11.3 Å². The smallest absolute Gasteiger partial charge is 0.132 e. The highest BCUT2D eigenvalue weighted by atomic mass is 16.3. The fourth-order valence-corrected chi connectivity index (χ4v) is 9.90. The molecule has 0 aliphatic heterocycles. The molecule has 4 saturated carbocycles. The molecular weight excluding hydrogens is 444 g/mol. The van der Waals surface area contributed by atoms with Crippen LogP contribution in [0.25, 0.3) is 0 Å². The average molecular weight is 495 g/mol. The van der Waals surface area contributed by atoms with Crippen LogP contribution in [0.1, 0.15) is 104 Å². The van der Waals surface area contributed by atoms with Crippen molar-refractivity contribution in [1.82, 2.24) is 10.3 Å². The summed E-state index contributed by atoms with van der Waals surface area (Å²) in [4.78, 5) is 16.5. The highest BCUT2D eigenvalue weighted by Gasteiger charge is 2.62. The van der Waals surface area contributed by atoms with Crippen molar-refractivity contribution in [2.24, 2.45) is 46.3 Å². The summed E-state index contributed by atoms with van der Waals surface area (Å²) in [5, 5.41) is 15.5. The Morgan fingerprint density at radius 1 is 1.11 bits per heavy atom. The number of fused-ring (bicyclic) bond motifs is 5. The second-order valence-electron chi connectivity index (χ2n) is 13.6. The first-order valence-corrected chi connectivity index (χ1v) is 15.1. The van der Waals surface area contributed by atoms with Crippen molar-refractivity contribution >= 4 is 5.78 Å². The molecule has 1 aromatic rings. The SMILES string of the molecule is CCC(=O)CC[C@@H](C)[C@H]1CCC2C3C(CC[C@@]21C)[C@@]1(C)CC[C@H](NCc2ccccn2)C[C@@H]1C[C@H]3O. The molecule has 0 spiro atoms. The Bertz CT molecular complexity index is 905. The zero-order chi connectivity index (χ0) is 25.5. The zero-order valence-corrected chi connectivity index (χ0v) is 23.2. The number of pyridine rings is 1. The van der Waals surface area contributed by atoms with E-state index in [4.69, 9.17) is 0 Å². The fraction of sp³-hybridized carbons (Fsp3) is 0.812. The van der Waals surface area contributed by atoms with Crippen molar-refractivity contribution in [2.75, 3.05) is 0 Å². The van der Waals surface area contributed by atoms with Crippen LogP contribution in [0.3, 0.4) is 0 Å². The maximum Gasteiger partial charge on any atom is 0.132 e. The van der Waals surface area contributed by atoms with Gasteiger partial charge in [0.25, 0.3) is 0 Å². The zero-order valence-electron chi connectivity index (χ0n) is 23.2. The van der Waals surface area contributed by atoms with E-state index in [0.717, 1.165) is 31.5 Å². The van der Waals surface area contributed by atoms with Gasteiger partial charge in [-0.3, -0.25) is 9.78 Å². The number of hydrogen-bond acceptors (Lipinski definition) is 4. The lowest BCUT2D eigenvalue weighted by Gasteiger charge is -2.62. The molecule has 4 nitrogen and oxygen atoms in total. The Kier molecular flexibility index (Phi) is 7.67. The summed E-state index contributed by atoms with van der Waals surface area (Å²) in [6, 6.07) is 6.68. The number of nitrogens with one attached hydrogen (secondary N) is 1. The summed E-state index contributed by atoms with van der Waals surface area (Å²) < 4.78 is 0. The van der Waals surface area contributed by atoms with Crippen LogP contribution in [0.5, 0.6) is 0 Å². The van der Waals surface area contributed by atoms with Gasteiger partial charge in [-0.05, 0) is 116 Å². The minimum Gasteiger partial charge on any atom is -0.393 e. The third kappa shape index (κ3) is 4.70. The van der Waals surface area contributed by atoms with Gasteiger partial charge in [-0.1, -0.05) is 33.8 Å². The molecule has 5 rings (SSSR count). The molecule has 4 aliphatic carbocycles. The normalized spacial score (nSPS) is 42.8. The molecule has 2 N–H and O–H groups in total. The predicted octanol–water partition coefficient (Wildman–Crippen LogP) is 6.56. The van der Waals surface area contributed by atoms with Crippen molar-refractivity contribution < 1.29 is 9.90 Å². The third-order valence-electron chi connectivity index (χ3n) is 12.0. The lowest BCUT2D eigenvalue weighted by molar-refractivity contribution is -0.167. The van der Waals surface area contributed by atoms with E-state index in [1.807, 2.05) is 19.2 Å². The Labute approximate surface area is 219 Å². The number of ketones is 1. The van der Waals surface area contributed by atoms with E-state index in [1.54, 1.807) is 0 Å². The fourth-order valence-electron chi connectivity index (χ4n) is 9.90. The molecule has 3 unspecified atom stereocenters. The molecule has 36 heavy (non-hydrogen) atoms. The molecule has 1 heterocycles. The van der Waals surface area contributed by atoms with Gasteiger partial charge in [-0.2, -0.15) is 0 Å².